The number of hydrogen-bond donors (Lipinski definition) is 2. The number of rotatable bonds is 5. The minimum Gasteiger partial charge on any atom is -0.355 e. The van der Waals surface area contributed by atoms with E-state index >= 15 is 0 Å². The molecule has 1 aliphatic rings. The first-order valence-corrected chi connectivity index (χ1v) is 8.48. The van der Waals surface area contributed by atoms with Gasteiger partial charge in [-0.3, -0.25) is 4.79 Å². The summed E-state index contributed by atoms with van der Waals surface area (Å²) in [7, 11) is -3.55. The van der Waals surface area contributed by atoms with E-state index in [1.165, 1.54) is 0 Å². The quantitative estimate of drug-likeness (QED) is 0.853. The molecule has 2 unspecified atom stereocenters. The number of sulfonamides is 1. The number of nitrogens with one attached hydrogen (secondary N) is 1. The van der Waals surface area contributed by atoms with E-state index in [-0.39, 0.29) is 30.0 Å². The summed E-state index contributed by atoms with van der Waals surface area (Å²) < 4.78 is 21.5. The molecule has 0 radical (unpaired) electrons. The first-order valence-electron chi connectivity index (χ1n) is 6.01. The molecule has 2 atom stereocenters. The van der Waals surface area contributed by atoms with Crippen molar-refractivity contribution in [2.24, 2.45) is 11.1 Å². The van der Waals surface area contributed by atoms with Gasteiger partial charge >= 0.3 is 0 Å². The number of nitrogens with two attached hydrogens (primary N) is 1. The van der Waals surface area contributed by atoms with E-state index in [1.807, 2.05) is 6.07 Å². The summed E-state index contributed by atoms with van der Waals surface area (Å²) >= 11 is 11.8. The van der Waals surface area contributed by atoms with Crippen LogP contribution >= 0.6 is 23.2 Å². The highest BCUT2D eigenvalue weighted by molar-refractivity contribution is 7.89. The Kier molecular flexibility index (Phi) is 4.59. The van der Waals surface area contributed by atoms with Crippen molar-refractivity contribution in [3.05, 3.63) is 33.8 Å². The van der Waals surface area contributed by atoms with E-state index < -0.39 is 10.0 Å². The van der Waals surface area contributed by atoms with Gasteiger partial charge in [0.25, 0.3) is 0 Å². The second-order valence-corrected chi connectivity index (χ2v) is 7.33. The van der Waals surface area contributed by atoms with Crippen LogP contribution in [0.1, 0.15) is 17.9 Å². The maximum atomic E-state index is 11.8. The van der Waals surface area contributed by atoms with Crippen LogP contribution in [0.4, 0.5) is 0 Å². The van der Waals surface area contributed by atoms with Crippen molar-refractivity contribution in [3.63, 3.8) is 0 Å². The highest BCUT2D eigenvalue weighted by atomic mass is 35.5. The van der Waals surface area contributed by atoms with E-state index in [1.54, 1.807) is 12.1 Å². The van der Waals surface area contributed by atoms with Gasteiger partial charge in [0.15, 0.2) is 0 Å². The molecule has 0 bridgehead atoms. The zero-order valence-electron chi connectivity index (χ0n) is 10.5. The predicted octanol–water partition coefficient (Wildman–Crippen LogP) is 1.50. The predicted molar refractivity (Wildman–Crippen MR) is 78.3 cm³/mol. The summed E-state index contributed by atoms with van der Waals surface area (Å²) in [5.74, 6) is -0.459. The van der Waals surface area contributed by atoms with Gasteiger partial charge in [0.1, 0.15) is 0 Å². The molecule has 1 aromatic carbocycles. The van der Waals surface area contributed by atoms with Crippen LogP contribution < -0.4 is 10.5 Å². The first-order chi connectivity index (χ1) is 9.28. The van der Waals surface area contributed by atoms with Gasteiger partial charge in [0, 0.05) is 12.5 Å². The molecule has 0 spiro atoms. The summed E-state index contributed by atoms with van der Waals surface area (Å²) in [5.41, 5.74) is 0.964. The first kappa shape index (κ1) is 15.6. The summed E-state index contributed by atoms with van der Waals surface area (Å²) in [6, 6.07) is 5.30. The highest BCUT2D eigenvalue weighted by Crippen LogP contribution is 2.48. The Hall–Kier alpha value is -0.820. The molecular weight excluding hydrogens is 323 g/mol. The lowest BCUT2D eigenvalue weighted by Gasteiger charge is -2.05. The Morgan fingerprint density at radius 2 is 2.05 bits per heavy atom. The zero-order valence-corrected chi connectivity index (χ0v) is 12.8. The lowest BCUT2D eigenvalue weighted by molar-refractivity contribution is -0.122. The monoisotopic (exact) mass is 336 g/mol. The average Bonchev–Trinajstić information content (AvgIpc) is 3.11. The standard InChI is InChI=1S/C12H14Cl2N2O3S/c13-10-2-1-7(5-11(10)14)8-6-9(8)12(17)16-3-4-20(15,18)19/h1-2,5,8-9H,3-4,6H2,(H,16,17)(H2,15,18,19). The lowest BCUT2D eigenvalue weighted by atomic mass is 10.1. The Balaban J connectivity index is 1.88. The number of hydrogen-bond acceptors (Lipinski definition) is 3. The minimum absolute atomic E-state index is 0.0300. The molecule has 1 amide bonds. The summed E-state index contributed by atoms with van der Waals surface area (Å²) in [5, 5.41) is 8.37. The third kappa shape index (κ3) is 4.09. The molecule has 1 aromatic rings. The number of halogens is 2. The van der Waals surface area contributed by atoms with Crippen LogP contribution in [-0.2, 0) is 14.8 Å². The van der Waals surface area contributed by atoms with Crippen LogP contribution in [0.2, 0.25) is 10.0 Å². The maximum Gasteiger partial charge on any atom is 0.223 e. The molecule has 1 aliphatic carbocycles. The van der Waals surface area contributed by atoms with E-state index in [9.17, 15) is 13.2 Å². The Bertz CT molecular complexity index is 634. The number of benzene rings is 1. The van der Waals surface area contributed by atoms with Crippen molar-refractivity contribution in [2.75, 3.05) is 12.3 Å². The molecule has 110 valence electrons. The summed E-state index contributed by atoms with van der Waals surface area (Å²) in [6.07, 6.45) is 0.721. The fraction of sp³-hybridized carbons (Fsp3) is 0.417. The Morgan fingerprint density at radius 3 is 2.65 bits per heavy atom. The van der Waals surface area contributed by atoms with E-state index in [4.69, 9.17) is 28.3 Å². The smallest absolute Gasteiger partial charge is 0.223 e. The fourth-order valence-corrected chi connectivity index (χ4v) is 2.74. The van der Waals surface area contributed by atoms with Crippen LogP contribution in [0.15, 0.2) is 18.2 Å². The van der Waals surface area contributed by atoms with Crippen LogP contribution in [0.25, 0.3) is 0 Å². The van der Waals surface area contributed by atoms with E-state index in [2.05, 4.69) is 5.32 Å². The van der Waals surface area contributed by atoms with Gasteiger partial charge in [0.2, 0.25) is 15.9 Å². The van der Waals surface area contributed by atoms with Crippen molar-refractivity contribution in [1.29, 1.82) is 0 Å². The molecule has 2 rings (SSSR count). The Morgan fingerprint density at radius 1 is 1.35 bits per heavy atom. The number of carbonyl (C=O) groups is 1. The SMILES string of the molecule is NS(=O)(=O)CCNC(=O)C1CC1c1ccc(Cl)c(Cl)c1. The molecule has 0 aliphatic heterocycles. The molecule has 0 aromatic heterocycles. The molecule has 0 heterocycles. The van der Waals surface area contributed by atoms with E-state index in [0.717, 1.165) is 12.0 Å². The zero-order chi connectivity index (χ0) is 14.9. The number of primary sulfonamides is 1. The van der Waals surface area contributed by atoms with Gasteiger partial charge < -0.3 is 5.32 Å². The van der Waals surface area contributed by atoms with Gasteiger partial charge in [-0.25, -0.2) is 13.6 Å². The summed E-state index contributed by atoms with van der Waals surface area (Å²) in [4.78, 5) is 11.8. The highest BCUT2D eigenvalue weighted by Gasteiger charge is 2.43. The third-order valence-corrected chi connectivity index (χ3v) is 4.70. The van der Waals surface area contributed by atoms with Crippen LogP contribution in [0.5, 0.6) is 0 Å². The molecule has 5 nitrogen and oxygen atoms in total. The number of amides is 1. The fourth-order valence-electron chi connectivity index (χ4n) is 2.04. The minimum atomic E-state index is -3.55. The second kappa shape index (κ2) is 5.89. The van der Waals surface area contributed by atoms with Crippen molar-refractivity contribution in [2.45, 2.75) is 12.3 Å². The molecule has 8 heteroatoms. The molecule has 1 fully saturated rings. The molecule has 0 saturated heterocycles. The normalized spacial score (nSPS) is 21.6. The van der Waals surface area contributed by atoms with Crippen molar-refractivity contribution >= 4 is 39.1 Å². The molecule has 3 N–H and O–H groups in total. The topological polar surface area (TPSA) is 89.3 Å². The molecule has 20 heavy (non-hydrogen) atoms. The van der Waals surface area contributed by atoms with Crippen LogP contribution in [-0.4, -0.2) is 26.6 Å². The second-order valence-electron chi connectivity index (χ2n) is 4.78. The van der Waals surface area contributed by atoms with Gasteiger partial charge in [-0.05, 0) is 30.0 Å². The Labute approximate surface area is 127 Å². The van der Waals surface area contributed by atoms with Gasteiger partial charge in [0.05, 0.1) is 15.8 Å². The van der Waals surface area contributed by atoms with Gasteiger partial charge in [-0.2, -0.15) is 0 Å². The van der Waals surface area contributed by atoms with Crippen molar-refractivity contribution < 1.29 is 13.2 Å². The maximum absolute atomic E-state index is 11.8. The van der Waals surface area contributed by atoms with Gasteiger partial charge in [-0.1, -0.05) is 29.3 Å². The molecule has 1 saturated carbocycles. The lowest BCUT2D eigenvalue weighted by Crippen LogP contribution is -2.32. The largest absolute Gasteiger partial charge is 0.355 e. The van der Waals surface area contributed by atoms with Crippen LogP contribution in [0.3, 0.4) is 0 Å². The van der Waals surface area contributed by atoms with Gasteiger partial charge in [-0.15, -0.1) is 0 Å². The van der Waals surface area contributed by atoms with E-state index in [0.29, 0.717) is 10.0 Å². The van der Waals surface area contributed by atoms with Crippen molar-refractivity contribution in [1.82, 2.24) is 5.32 Å². The average molecular weight is 337 g/mol. The molecular formula is C12H14Cl2N2O3S. The van der Waals surface area contributed by atoms with Crippen LogP contribution in [0, 0.1) is 5.92 Å². The number of carbonyl (C=O) groups excluding carboxylic acids is 1. The third-order valence-electron chi connectivity index (χ3n) is 3.18. The van der Waals surface area contributed by atoms with Crippen molar-refractivity contribution in [3.8, 4) is 0 Å². The summed E-state index contributed by atoms with van der Waals surface area (Å²) in [6.45, 7) is 0.0300.